The molecular formula is C20H28FN3O2. The maximum Gasteiger partial charge on any atom is 0.251 e. The maximum absolute atomic E-state index is 13.0. The molecule has 0 spiro atoms. The van der Waals surface area contributed by atoms with E-state index in [9.17, 15) is 14.0 Å². The van der Waals surface area contributed by atoms with E-state index in [-0.39, 0.29) is 29.7 Å². The Bertz CT molecular complexity index is 620. The van der Waals surface area contributed by atoms with E-state index in [1.54, 1.807) is 0 Å². The lowest BCUT2D eigenvalue weighted by Gasteiger charge is -2.36. The minimum Gasteiger partial charge on any atom is -0.352 e. The number of carbonyl (C=O) groups excluding carboxylic acids is 2. The Morgan fingerprint density at radius 2 is 1.58 bits per heavy atom. The average molecular weight is 361 g/mol. The molecule has 3 rings (SSSR count). The molecule has 1 atom stereocenters. The van der Waals surface area contributed by atoms with E-state index in [0.717, 1.165) is 38.8 Å². The van der Waals surface area contributed by atoms with E-state index in [0.29, 0.717) is 11.6 Å². The summed E-state index contributed by atoms with van der Waals surface area (Å²) in [4.78, 5) is 26.8. The van der Waals surface area contributed by atoms with E-state index in [1.165, 1.54) is 37.1 Å². The second-order valence-electron chi connectivity index (χ2n) is 7.46. The number of nitrogens with one attached hydrogen (secondary N) is 2. The average Bonchev–Trinajstić information content (AvgIpc) is 3.15. The Morgan fingerprint density at radius 3 is 2.19 bits per heavy atom. The van der Waals surface area contributed by atoms with Gasteiger partial charge in [-0.1, -0.05) is 12.8 Å². The van der Waals surface area contributed by atoms with Crippen LogP contribution in [0.1, 0.15) is 55.8 Å². The summed E-state index contributed by atoms with van der Waals surface area (Å²) in [6, 6.07) is 5.88. The van der Waals surface area contributed by atoms with Gasteiger partial charge >= 0.3 is 0 Å². The van der Waals surface area contributed by atoms with Gasteiger partial charge in [0.25, 0.3) is 5.91 Å². The second-order valence-corrected chi connectivity index (χ2v) is 7.46. The summed E-state index contributed by atoms with van der Waals surface area (Å²) in [5.74, 6) is -0.402. The van der Waals surface area contributed by atoms with E-state index < -0.39 is 0 Å². The normalized spacial score (nSPS) is 20.7. The standard InChI is InChI=1S/C20H28FN3O2/c1-14(19(25)22-17-4-2-3-5-17)24-12-10-18(11-13-24)23-20(26)15-6-8-16(21)9-7-15/h6-9,14,17-18H,2-5,10-13H2,1H3,(H,22,25)(H,23,26). The molecule has 0 radical (unpaired) electrons. The van der Waals surface area contributed by atoms with E-state index in [2.05, 4.69) is 15.5 Å². The van der Waals surface area contributed by atoms with E-state index in [4.69, 9.17) is 0 Å². The van der Waals surface area contributed by atoms with Crippen molar-refractivity contribution in [3.63, 3.8) is 0 Å². The molecular weight excluding hydrogens is 333 g/mol. The quantitative estimate of drug-likeness (QED) is 0.847. The first-order valence-corrected chi connectivity index (χ1v) is 9.64. The molecule has 0 aromatic heterocycles. The molecule has 2 amide bonds. The van der Waals surface area contributed by atoms with E-state index in [1.807, 2.05) is 6.92 Å². The summed E-state index contributed by atoms with van der Waals surface area (Å²) in [5, 5.41) is 6.18. The number of amides is 2. The lowest BCUT2D eigenvalue weighted by molar-refractivity contribution is -0.127. The number of carbonyl (C=O) groups is 2. The van der Waals surface area contributed by atoms with Crippen LogP contribution in [0.25, 0.3) is 0 Å². The summed E-state index contributed by atoms with van der Waals surface area (Å²) in [5.41, 5.74) is 0.470. The first-order chi connectivity index (χ1) is 12.5. The van der Waals surface area contributed by atoms with Crippen LogP contribution >= 0.6 is 0 Å². The zero-order chi connectivity index (χ0) is 18.5. The molecule has 1 saturated heterocycles. The number of benzene rings is 1. The molecule has 1 aromatic rings. The summed E-state index contributed by atoms with van der Waals surface area (Å²) < 4.78 is 13.0. The Hall–Kier alpha value is -1.95. The van der Waals surface area contributed by atoms with Gasteiger partial charge in [0, 0.05) is 30.7 Å². The predicted molar refractivity (Wildman–Crippen MR) is 98.3 cm³/mol. The van der Waals surface area contributed by atoms with Gasteiger partial charge in [-0.15, -0.1) is 0 Å². The summed E-state index contributed by atoms with van der Waals surface area (Å²) >= 11 is 0. The number of likely N-dealkylation sites (tertiary alicyclic amines) is 1. The molecule has 5 nitrogen and oxygen atoms in total. The van der Waals surface area contributed by atoms with Gasteiger partial charge in [0.1, 0.15) is 5.82 Å². The molecule has 142 valence electrons. The summed E-state index contributed by atoms with van der Waals surface area (Å²) in [6.07, 6.45) is 6.23. The maximum atomic E-state index is 13.0. The third-order valence-corrected chi connectivity index (χ3v) is 5.60. The Kier molecular flexibility index (Phi) is 6.25. The van der Waals surface area contributed by atoms with Gasteiger partial charge in [-0.25, -0.2) is 4.39 Å². The van der Waals surface area contributed by atoms with Crippen LogP contribution in [-0.2, 0) is 4.79 Å². The lowest BCUT2D eigenvalue weighted by atomic mass is 10.0. The molecule has 1 unspecified atom stereocenters. The molecule has 2 aliphatic rings. The van der Waals surface area contributed by atoms with Gasteiger partial charge in [-0.2, -0.15) is 0 Å². The zero-order valence-corrected chi connectivity index (χ0v) is 15.3. The monoisotopic (exact) mass is 361 g/mol. The van der Waals surface area contributed by atoms with Gasteiger partial charge < -0.3 is 10.6 Å². The third kappa shape index (κ3) is 4.81. The Balaban J connectivity index is 1.43. The smallest absolute Gasteiger partial charge is 0.251 e. The minimum atomic E-state index is -0.347. The number of nitrogens with zero attached hydrogens (tertiary/aromatic N) is 1. The molecule has 0 bridgehead atoms. The van der Waals surface area contributed by atoms with Gasteiger partial charge in [-0.3, -0.25) is 14.5 Å². The largest absolute Gasteiger partial charge is 0.352 e. The number of halogens is 1. The number of hydrogen-bond donors (Lipinski definition) is 2. The summed E-state index contributed by atoms with van der Waals surface area (Å²) in [7, 11) is 0. The highest BCUT2D eigenvalue weighted by atomic mass is 19.1. The van der Waals surface area contributed by atoms with Crippen molar-refractivity contribution in [2.45, 2.75) is 63.6 Å². The summed E-state index contributed by atoms with van der Waals surface area (Å²) in [6.45, 7) is 3.53. The molecule has 1 aromatic carbocycles. The van der Waals surface area contributed by atoms with Crippen LogP contribution in [0.15, 0.2) is 24.3 Å². The van der Waals surface area contributed by atoms with Crippen LogP contribution in [0, 0.1) is 5.82 Å². The molecule has 2 N–H and O–H groups in total. The molecule has 26 heavy (non-hydrogen) atoms. The topological polar surface area (TPSA) is 61.4 Å². The van der Waals surface area contributed by atoms with Crippen molar-refractivity contribution in [1.29, 1.82) is 0 Å². The predicted octanol–water partition coefficient (Wildman–Crippen LogP) is 2.47. The van der Waals surface area contributed by atoms with Gasteiger partial charge in [0.05, 0.1) is 6.04 Å². The van der Waals surface area contributed by atoms with Crippen LogP contribution in [0.3, 0.4) is 0 Å². The highest BCUT2D eigenvalue weighted by Gasteiger charge is 2.29. The van der Waals surface area contributed by atoms with E-state index >= 15 is 0 Å². The first kappa shape index (κ1) is 18.8. The molecule has 2 fully saturated rings. The van der Waals surface area contributed by atoms with Gasteiger partial charge in [0.2, 0.25) is 5.91 Å². The van der Waals surface area contributed by atoms with Crippen molar-refractivity contribution in [3.8, 4) is 0 Å². The second kappa shape index (κ2) is 8.62. The minimum absolute atomic E-state index is 0.0916. The van der Waals surface area contributed by atoms with Crippen LogP contribution in [-0.4, -0.2) is 47.9 Å². The fraction of sp³-hybridized carbons (Fsp3) is 0.600. The lowest BCUT2D eigenvalue weighted by Crippen LogP contribution is -2.52. The van der Waals surface area contributed by atoms with Crippen LogP contribution in [0.5, 0.6) is 0 Å². The van der Waals surface area contributed by atoms with Crippen molar-refractivity contribution >= 4 is 11.8 Å². The molecule has 1 aliphatic heterocycles. The fourth-order valence-electron chi connectivity index (χ4n) is 3.86. The van der Waals surface area contributed by atoms with Crippen LogP contribution < -0.4 is 10.6 Å². The highest BCUT2D eigenvalue weighted by molar-refractivity contribution is 5.94. The molecule has 1 aliphatic carbocycles. The molecule has 1 saturated carbocycles. The van der Waals surface area contributed by atoms with Crippen molar-refractivity contribution in [1.82, 2.24) is 15.5 Å². The highest BCUT2D eigenvalue weighted by Crippen LogP contribution is 2.19. The van der Waals surface area contributed by atoms with Crippen molar-refractivity contribution in [3.05, 3.63) is 35.6 Å². The zero-order valence-electron chi connectivity index (χ0n) is 15.3. The van der Waals surface area contributed by atoms with Gasteiger partial charge in [-0.05, 0) is 56.9 Å². The number of hydrogen-bond acceptors (Lipinski definition) is 3. The third-order valence-electron chi connectivity index (χ3n) is 5.60. The first-order valence-electron chi connectivity index (χ1n) is 9.64. The van der Waals surface area contributed by atoms with Crippen molar-refractivity contribution in [2.75, 3.05) is 13.1 Å². The number of rotatable bonds is 5. The Morgan fingerprint density at radius 1 is 1.00 bits per heavy atom. The SMILES string of the molecule is CC(C(=O)NC1CCCC1)N1CCC(NC(=O)c2ccc(F)cc2)CC1. The van der Waals surface area contributed by atoms with Crippen molar-refractivity contribution in [2.24, 2.45) is 0 Å². The molecule has 6 heteroatoms. The Labute approximate surface area is 154 Å². The fourth-order valence-corrected chi connectivity index (χ4v) is 3.86. The van der Waals surface area contributed by atoms with Crippen LogP contribution in [0.2, 0.25) is 0 Å². The van der Waals surface area contributed by atoms with Gasteiger partial charge in [0.15, 0.2) is 0 Å². The van der Waals surface area contributed by atoms with Crippen LogP contribution in [0.4, 0.5) is 4.39 Å². The molecule has 1 heterocycles. The number of piperidine rings is 1. The van der Waals surface area contributed by atoms with Crippen molar-refractivity contribution < 1.29 is 14.0 Å².